The third kappa shape index (κ3) is 3.15. The number of rotatable bonds is 4. The molecule has 0 saturated carbocycles. The molecule has 0 spiro atoms. The van der Waals surface area contributed by atoms with Gasteiger partial charge in [-0.3, -0.25) is 24.9 Å². The summed E-state index contributed by atoms with van der Waals surface area (Å²) in [4.78, 5) is 31.7. The van der Waals surface area contributed by atoms with Crippen molar-refractivity contribution in [2.24, 2.45) is 0 Å². The minimum absolute atomic E-state index is 0.0507. The molecule has 132 valence electrons. The molecule has 0 radical (unpaired) electrons. The smallest absolute Gasteiger partial charge is 0.267 e. The Labute approximate surface area is 152 Å². The monoisotopic (exact) mass is 359 g/mol. The second-order valence-corrected chi connectivity index (χ2v) is 5.87. The number of nitro groups is 1. The molecule has 0 bridgehead atoms. The van der Waals surface area contributed by atoms with Crippen LogP contribution >= 0.6 is 0 Å². The summed E-state index contributed by atoms with van der Waals surface area (Å²) in [6.07, 6.45) is 4.85. The molecule has 0 amide bonds. The molecule has 3 heterocycles. The van der Waals surface area contributed by atoms with Gasteiger partial charge in [0.15, 0.2) is 0 Å². The zero-order valence-electron chi connectivity index (χ0n) is 14.0. The Bertz CT molecular complexity index is 1200. The first kappa shape index (κ1) is 16.5. The van der Waals surface area contributed by atoms with Crippen LogP contribution in [0.5, 0.6) is 0 Å². The molecule has 0 unspecified atom stereocenters. The lowest BCUT2D eigenvalue weighted by Crippen LogP contribution is -2.24. The molecule has 8 heteroatoms. The second-order valence-electron chi connectivity index (χ2n) is 5.87. The van der Waals surface area contributed by atoms with Crippen molar-refractivity contribution < 1.29 is 4.92 Å². The Hall–Kier alpha value is -3.94. The minimum atomic E-state index is -0.466. The van der Waals surface area contributed by atoms with Crippen LogP contribution < -0.4 is 5.56 Å². The van der Waals surface area contributed by atoms with Crippen LogP contribution in [0.25, 0.3) is 22.2 Å². The molecule has 0 saturated heterocycles. The van der Waals surface area contributed by atoms with Crippen molar-refractivity contribution in [1.29, 1.82) is 0 Å². The van der Waals surface area contributed by atoms with E-state index in [0.717, 1.165) is 5.56 Å². The van der Waals surface area contributed by atoms with Gasteiger partial charge in [-0.05, 0) is 29.8 Å². The van der Waals surface area contributed by atoms with E-state index in [0.29, 0.717) is 22.2 Å². The number of benzene rings is 1. The standard InChI is InChI=1S/C19H13N5O3/c25-19-16-5-2-8-21-18(16)17(14-3-1-4-15(11-14)24(26)27)22-23(19)12-13-6-9-20-10-7-13/h1-11H,12H2. The molecular weight excluding hydrogens is 346 g/mol. The predicted molar refractivity (Wildman–Crippen MR) is 99.2 cm³/mol. The van der Waals surface area contributed by atoms with E-state index in [1.807, 2.05) is 0 Å². The van der Waals surface area contributed by atoms with Crippen LogP contribution in [-0.4, -0.2) is 24.7 Å². The molecule has 4 rings (SSSR count). The molecule has 4 aromatic rings. The fraction of sp³-hybridized carbons (Fsp3) is 0.0526. The van der Waals surface area contributed by atoms with Gasteiger partial charge in [0.05, 0.1) is 16.9 Å². The molecule has 0 fully saturated rings. The molecule has 1 aromatic carbocycles. The number of pyridine rings is 2. The maximum atomic E-state index is 12.8. The van der Waals surface area contributed by atoms with Gasteiger partial charge in [-0.1, -0.05) is 12.1 Å². The molecular formula is C19H13N5O3. The van der Waals surface area contributed by atoms with Crippen molar-refractivity contribution in [3.8, 4) is 11.3 Å². The molecule has 3 aromatic heterocycles. The third-order valence-electron chi connectivity index (χ3n) is 4.13. The Morgan fingerprint density at radius 2 is 1.85 bits per heavy atom. The summed E-state index contributed by atoms with van der Waals surface area (Å²) in [5, 5.41) is 16.0. The molecule has 0 aliphatic heterocycles. The van der Waals surface area contributed by atoms with Gasteiger partial charge in [-0.15, -0.1) is 0 Å². The highest BCUT2D eigenvalue weighted by Crippen LogP contribution is 2.26. The lowest BCUT2D eigenvalue weighted by atomic mass is 10.1. The summed E-state index contributed by atoms with van der Waals surface area (Å²) in [5.74, 6) is 0. The van der Waals surface area contributed by atoms with E-state index in [4.69, 9.17) is 0 Å². The largest absolute Gasteiger partial charge is 0.276 e. The highest BCUT2D eigenvalue weighted by Gasteiger charge is 2.16. The van der Waals surface area contributed by atoms with Gasteiger partial charge >= 0.3 is 0 Å². The minimum Gasteiger partial charge on any atom is -0.267 e. The van der Waals surface area contributed by atoms with E-state index in [2.05, 4.69) is 15.1 Å². The van der Waals surface area contributed by atoms with Crippen LogP contribution in [0.4, 0.5) is 5.69 Å². The average Bonchev–Trinajstić information content (AvgIpc) is 2.71. The first-order chi connectivity index (χ1) is 13.1. The number of hydrogen-bond donors (Lipinski definition) is 0. The lowest BCUT2D eigenvalue weighted by molar-refractivity contribution is -0.384. The van der Waals surface area contributed by atoms with Crippen molar-refractivity contribution in [1.82, 2.24) is 19.7 Å². The number of non-ortho nitro benzene ring substituents is 1. The van der Waals surface area contributed by atoms with Crippen LogP contribution in [-0.2, 0) is 6.54 Å². The van der Waals surface area contributed by atoms with E-state index >= 15 is 0 Å². The van der Waals surface area contributed by atoms with Crippen molar-refractivity contribution >= 4 is 16.6 Å². The van der Waals surface area contributed by atoms with E-state index in [1.54, 1.807) is 55.0 Å². The highest BCUT2D eigenvalue weighted by atomic mass is 16.6. The summed E-state index contributed by atoms with van der Waals surface area (Å²) in [6, 6.07) is 13.1. The molecule has 8 nitrogen and oxygen atoms in total. The van der Waals surface area contributed by atoms with E-state index in [1.165, 1.54) is 16.8 Å². The second kappa shape index (κ2) is 6.75. The van der Waals surface area contributed by atoms with Crippen molar-refractivity contribution in [3.63, 3.8) is 0 Å². The summed E-state index contributed by atoms with van der Waals surface area (Å²) in [7, 11) is 0. The summed E-state index contributed by atoms with van der Waals surface area (Å²) in [5.41, 5.74) is 1.90. The zero-order chi connectivity index (χ0) is 18.8. The van der Waals surface area contributed by atoms with Gasteiger partial charge in [-0.25, -0.2) is 4.68 Å². The van der Waals surface area contributed by atoms with Gasteiger partial charge in [0, 0.05) is 36.3 Å². The summed E-state index contributed by atoms with van der Waals surface area (Å²) >= 11 is 0. The summed E-state index contributed by atoms with van der Waals surface area (Å²) < 4.78 is 1.34. The lowest BCUT2D eigenvalue weighted by Gasteiger charge is -2.10. The average molecular weight is 359 g/mol. The SMILES string of the molecule is O=c1c2cccnc2c(-c2cccc([N+](=O)[O-])c2)nn1Cc1ccncc1. The predicted octanol–water partition coefficient (Wildman–Crippen LogP) is 2.81. The summed E-state index contributed by atoms with van der Waals surface area (Å²) in [6.45, 7) is 0.258. The first-order valence-electron chi connectivity index (χ1n) is 8.13. The third-order valence-corrected chi connectivity index (χ3v) is 4.13. The fourth-order valence-corrected chi connectivity index (χ4v) is 2.85. The van der Waals surface area contributed by atoms with Crippen LogP contribution in [0.15, 0.2) is 71.9 Å². The number of aromatic nitrogens is 4. The Kier molecular flexibility index (Phi) is 4.13. The highest BCUT2D eigenvalue weighted by molar-refractivity contribution is 5.90. The molecule has 0 atom stereocenters. The Morgan fingerprint density at radius 1 is 1.04 bits per heavy atom. The maximum Gasteiger partial charge on any atom is 0.276 e. The van der Waals surface area contributed by atoms with Crippen molar-refractivity contribution in [3.05, 3.63) is 93.2 Å². The number of fused-ring (bicyclic) bond motifs is 1. The fourth-order valence-electron chi connectivity index (χ4n) is 2.85. The van der Waals surface area contributed by atoms with E-state index in [9.17, 15) is 14.9 Å². The number of nitro benzene ring substituents is 1. The van der Waals surface area contributed by atoms with E-state index in [-0.39, 0.29) is 17.8 Å². The van der Waals surface area contributed by atoms with Gasteiger partial charge in [0.25, 0.3) is 11.2 Å². The van der Waals surface area contributed by atoms with Crippen LogP contribution in [0.1, 0.15) is 5.56 Å². The topological polar surface area (TPSA) is 104 Å². The maximum absolute atomic E-state index is 12.8. The van der Waals surface area contributed by atoms with Crippen LogP contribution in [0.2, 0.25) is 0 Å². The number of nitrogens with zero attached hydrogens (tertiary/aromatic N) is 5. The van der Waals surface area contributed by atoms with Gasteiger partial charge in [0.1, 0.15) is 11.2 Å². The Morgan fingerprint density at radius 3 is 2.63 bits per heavy atom. The quantitative estimate of drug-likeness (QED) is 0.410. The first-order valence-corrected chi connectivity index (χ1v) is 8.13. The zero-order valence-corrected chi connectivity index (χ0v) is 14.0. The van der Waals surface area contributed by atoms with E-state index < -0.39 is 4.92 Å². The Balaban J connectivity index is 1.94. The molecule has 0 N–H and O–H groups in total. The van der Waals surface area contributed by atoms with Crippen molar-refractivity contribution in [2.75, 3.05) is 0 Å². The molecule has 27 heavy (non-hydrogen) atoms. The molecule has 0 aliphatic carbocycles. The van der Waals surface area contributed by atoms with Crippen LogP contribution in [0, 0.1) is 10.1 Å². The molecule has 0 aliphatic rings. The normalized spacial score (nSPS) is 10.8. The van der Waals surface area contributed by atoms with Gasteiger partial charge in [0.2, 0.25) is 0 Å². The van der Waals surface area contributed by atoms with Gasteiger partial charge in [-0.2, -0.15) is 5.10 Å². The number of hydrogen-bond acceptors (Lipinski definition) is 6. The van der Waals surface area contributed by atoms with Crippen LogP contribution in [0.3, 0.4) is 0 Å². The van der Waals surface area contributed by atoms with Crippen molar-refractivity contribution in [2.45, 2.75) is 6.54 Å². The van der Waals surface area contributed by atoms with Gasteiger partial charge < -0.3 is 0 Å².